The highest BCUT2D eigenvalue weighted by Crippen LogP contribution is 2.42. The Kier molecular flexibility index (Phi) is 17.3. The summed E-state index contributed by atoms with van der Waals surface area (Å²) < 4.78 is 44.6. The van der Waals surface area contributed by atoms with Crippen LogP contribution < -0.4 is 5.43 Å². The standard InChI is InChI=1S/C40H73N3O13/c1-15-28-40(10,49)33(46)23(4)30(44)21(2)19-39(9,51-17-16-42-41-11)35(56-37-31(45)27(43(12)13)18-22(3)52-37)24(5)32(25(6)36(48)54-28)55-29-20-38(8,50-14)34(47)26(7)53-29/h16,21-29,31-35,37,41,45-47,49H,15,17-20H2,1-14H3/b42-16+/t21-,22-,23+,24+,25-,26+,27+,28-,29+,31-,32+,33-,34+,35-,37+,38-,39+,40-/m1/s1. The number of aliphatic hydroxyl groups is 4. The molecule has 3 fully saturated rings. The van der Waals surface area contributed by atoms with Gasteiger partial charge in [0.05, 0.1) is 54.2 Å². The number of nitrogens with one attached hydrogen (secondary N) is 1. The van der Waals surface area contributed by atoms with Gasteiger partial charge in [0.15, 0.2) is 12.6 Å². The van der Waals surface area contributed by atoms with Crippen molar-refractivity contribution >= 4 is 18.0 Å². The molecule has 0 aromatic rings. The molecule has 3 heterocycles. The summed E-state index contributed by atoms with van der Waals surface area (Å²) in [5, 5.41) is 50.1. The molecule has 0 saturated carbocycles. The Balaban J connectivity index is 2.30. The van der Waals surface area contributed by atoms with Gasteiger partial charge in [0.1, 0.15) is 29.7 Å². The number of likely N-dealkylation sites (N-methyl/N-ethyl adjacent to an activating group) is 1. The summed E-state index contributed by atoms with van der Waals surface area (Å²) in [4.78, 5) is 30.4. The zero-order valence-corrected chi connectivity index (χ0v) is 36.1. The molecule has 5 N–H and O–H groups in total. The average molecular weight is 804 g/mol. The minimum atomic E-state index is -1.99. The minimum Gasteiger partial charge on any atom is -0.459 e. The number of cyclic esters (lactones) is 1. The first-order valence-electron chi connectivity index (χ1n) is 20.2. The van der Waals surface area contributed by atoms with E-state index in [1.165, 1.54) is 20.2 Å². The zero-order valence-electron chi connectivity index (χ0n) is 36.1. The molecule has 16 nitrogen and oxygen atoms in total. The first-order valence-corrected chi connectivity index (χ1v) is 20.2. The van der Waals surface area contributed by atoms with Gasteiger partial charge in [-0.1, -0.05) is 27.7 Å². The minimum absolute atomic E-state index is 0.0167. The van der Waals surface area contributed by atoms with Gasteiger partial charge in [0.2, 0.25) is 0 Å². The van der Waals surface area contributed by atoms with Crippen molar-refractivity contribution < 1.29 is 63.2 Å². The fourth-order valence-electron chi connectivity index (χ4n) is 8.88. The molecule has 3 saturated heterocycles. The summed E-state index contributed by atoms with van der Waals surface area (Å²) in [6.45, 7) is 17.0. The van der Waals surface area contributed by atoms with E-state index < -0.39 is 102 Å². The van der Waals surface area contributed by atoms with E-state index in [0.717, 1.165) is 0 Å². The lowest BCUT2D eigenvalue weighted by Crippen LogP contribution is -2.61. The van der Waals surface area contributed by atoms with E-state index >= 15 is 0 Å². The molecule has 0 aromatic heterocycles. The average Bonchev–Trinajstić information content (AvgIpc) is 3.14. The van der Waals surface area contributed by atoms with Crippen molar-refractivity contribution in [1.29, 1.82) is 0 Å². The van der Waals surface area contributed by atoms with Crippen molar-refractivity contribution in [2.45, 2.75) is 179 Å². The summed E-state index contributed by atoms with van der Waals surface area (Å²) in [6.07, 6.45) is -7.69. The van der Waals surface area contributed by atoms with E-state index in [9.17, 15) is 30.0 Å². The van der Waals surface area contributed by atoms with Crippen LogP contribution in [0.5, 0.6) is 0 Å². The second-order valence-corrected chi connectivity index (χ2v) is 17.3. The molecule has 3 rings (SSSR count). The van der Waals surface area contributed by atoms with E-state index in [-0.39, 0.29) is 43.8 Å². The van der Waals surface area contributed by atoms with E-state index in [1.807, 2.05) is 32.8 Å². The lowest BCUT2D eigenvalue weighted by molar-refractivity contribution is -0.320. The molecule has 18 atom stereocenters. The monoisotopic (exact) mass is 804 g/mol. The summed E-state index contributed by atoms with van der Waals surface area (Å²) >= 11 is 0. The van der Waals surface area contributed by atoms with Crippen molar-refractivity contribution in [1.82, 2.24) is 10.3 Å². The number of hydrogen-bond acceptors (Lipinski definition) is 16. The van der Waals surface area contributed by atoms with E-state index in [4.69, 9.17) is 33.2 Å². The molecular formula is C40H73N3O13. The molecule has 56 heavy (non-hydrogen) atoms. The second-order valence-electron chi connectivity index (χ2n) is 17.3. The lowest BCUT2D eigenvalue weighted by atomic mass is 9.73. The third kappa shape index (κ3) is 10.9. The number of hydrazone groups is 1. The first kappa shape index (κ1) is 48.5. The number of Topliss-reactive ketones (excluding diaryl/α,β-unsaturated/α-hetero) is 1. The molecule has 0 radical (unpaired) electrons. The number of rotatable bonds is 11. The number of carbonyl (C=O) groups excluding carboxylic acids is 2. The van der Waals surface area contributed by atoms with Crippen LogP contribution in [0.15, 0.2) is 5.10 Å². The maximum atomic E-state index is 14.3. The predicted octanol–water partition coefficient (Wildman–Crippen LogP) is 2.02. The predicted molar refractivity (Wildman–Crippen MR) is 208 cm³/mol. The number of ether oxygens (including phenoxy) is 7. The molecule has 0 spiro atoms. The van der Waals surface area contributed by atoms with E-state index in [0.29, 0.717) is 6.42 Å². The summed E-state index contributed by atoms with van der Waals surface area (Å²) in [5.74, 6) is -4.71. The van der Waals surface area contributed by atoms with Gasteiger partial charge in [0.25, 0.3) is 0 Å². The quantitative estimate of drug-likeness (QED) is 0.115. The Morgan fingerprint density at radius 1 is 0.946 bits per heavy atom. The van der Waals surface area contributed by atoms with Crippen LogP contribution in [-0.2, 0) is 42.7 Å². The van der Waals surface area contributed by atoms with Gasteiger partial charge in [-0.2, -0.15) is 5.10 Å². The molecule has 3 aliphatic rings. The highest BCUT2D eigenvalue weighted by molar-refractivity contribution is 5.83. The fourth-order valence-corrected chi connectivity index (χ4v) is 8.88. The van der Waals surface area contributed by atoms with Gasteiger partial charge < -0.3 is 63.9 Å². The molecule has 0 amide bonds. The van der Waals surface area contributed by atoms with Crippen LogP contribution >= 0.6 is 0 Å². The smallest absolute Gasteiger partial charge is 0.311 e. The van der Waals surface area contributed by atoms with E-state index in [1.54, 1.807) is 55.5 Å². The third-order valence-corrected chi connectivity index (χ3v) is 12.5. The van der Waals surface area contributed by atoms with Gasteiger partial charge in [-0.15, -0.1) is 0 Å². The molecular weight excluding hydrogens is 730 g/mol. The Morgan fingerprint density at radius 2 is 1.59 bits per heavy atom. The highest BCUT2D eigenvalue weighted by Gasteiger charge is 2.54. The van der Waals surface area contributed by atoms with Crippen LogP contribution in [-0.4, -0.2) is 162 Å². The highest BCUT2D eigenvalue weighted by atomic mass is 16.7. The number of nitrogens with zero attached hydrogens (tertiary/aromatic N) is 2. The van der Waals surface area contributed by atoms with Gasteiger partial charge in [-0.25, -0.2) is 0 Å². The number of esters is 1. The normalized spacial score (nSPS) is 46.4. The van der Waals surface area contributed by atoms with Crippen LogP contribution in [0, 0.1) is 23.7 Å². The van der Waals surface area contributed by atoms with Crippen LogP contribution in [0.1, 0.15) is 94.9 Å². The SMILES string of the molecule is CC[C@H]1OC(=O)[C@H](C)[C@@H](O[C@H]2C[C@@](C)(OC)[C@@H](O)[C@H](C)O2)[C@H](C)[C@@H](O[C@@H]2O[C@H](C)C[C@H](N(C)C)[C@H]2O)[C@@](C)(OC/C=N/NC)C[C@@H](C)C(=O)[C@H](C)[C@@H](O)[C@]1(C)O. The molecule has 3 aliphatic heterocycles. The van der Waals surface area contributed by atoms with Crippen LogP contribution in [0.2, 0.25) is 0 Å². The summed E-state index contributed by atoms with van der Waals surface area (Å²) in [5.41, 5.74) is -1.71. The fraction of sp³-hybridized carbons (Fsp3) is 0.925. The van der Waals surface area contributed by atoms with Gasteiger partial charge in [-0.3, -0.25) is 9.59 Å². The van der Waals surface area contributed by atoms with Crippen molar-refractivity contribution in [3.05, 3.63) is 0 Å². The topological polar surface area (TPSA) is 207 Å². The Bertz CT molecular complexity index is 1310. The third-order valence-electron chi connectivity index (χ3n) is 12.5. The van der Waals surface area contributed by atoms with Gasteiger partial charge in [-0.05, 0) is 74.9 Å². The number of aliphatic hydroxyl groups excluding tert-OH is 3. The molecule has 326 valence electrons. The molecule has 0 unspecified atom stereocenters. The van der Waals surface area contributed by atoms with Crippen molar-refractivity contribution in [2.75, 3.05) is 34.9 Å². The van der Waals surface area contributed by atoms with Crippen molar-refractivity contribution in [3.63, 3.8) is 0 Å². The lowest BCUT2D eigenvalue weighted by Gasteiger charge is -2.50. The molecule has 0 bridgehead atoms. The Labute approximate surface area is 333 Å². The van der Waals surface area contributed by atoms with Crippen LogP contribution in [0.4, 0.5) is 0 Å². The molecule has 16 heteroatoms. The van der Waals surface area contributed by atoms with Crippen molar-refractivity contribution in [3.8, 4) is 0 Å². The molecule has 0 aliphatic carbocycles. The van der Waals surface area contributed by atoms with Gasteiger partial charge >= 0.3 is 5.97 Å². The van der Waals surface area contributed by atoms with Crippen molar-refractivity contribution in [2.24, 2.45) is 28.8 Å². The Morgan fingerprint density at radius 3 is 2.16 bits per heavy atom. The van der Waals surface area contributed by atoms with Gasteiger partial charge in [0, 0.05) is 50.6 Å². The summed E-state index contributed by atoms with van der Waals surface area (Å²) in [6, 6.07) is -0.315. The van der Waals surface area contributed by atoms with Crippen LogP contribution in [0.25, 0.3) is 0 Å². The maximum absolute atomic E-state index is 14.3. The number of hydrogen-bond donors (Lipinski definition) is 5. The molecule has 0 aromatic carbocycles. The zero-order chi connectivity index (χ0) is 42.5. The number of ketones is 1. The van der Waals surface area contributed by atoms with Crippen LogP contribution in [0.3, 0.4) is 0 Å². The number of carbonyl (C=O) groups is 2. The Hall–Kier alpha value is -1.83. The maximum Gasteiger partial charge on any atom is 0.311 e. The largest absolute Gasteiger partial charge is 0.459 e. The van der Waals surface area contributed by atoms with E-state index in [2.05, 4.69) is 10.5 Å². The second kappa shape index (κ2) is 19.9. The first-order chi connectivity index (χ1) is 26.0. The number of methoxy groups -OCH3 is 1. The summed E-state index contributed by atoms with van der Waals surface area (Å²) in [7, 11) is 6.89.